The number of benzene rings is 2. The number of hydrogen-bond donors (Lipinski definition) is 6. The van der Waals surface area contributed by atoms with Crippen LogP contribution in [-0.2, 0) is 25.4 Å². The molecule has 8 atom stereocenters. The average Bonchev–Trinajstić information content (AvgIpc) is 3.02. The van der Waals surface area contributed by atoms with Gasteiger partial charge in [-0.3, -0.25) is 9.59 Å². The van der Waals surface area contributed by atoms with E-state index in [0.29, 0.717) is 6.61 Å². The van der Waals surface area contributed by atoms with Crippen LogP contribution in [0.15, 0.2) is 18.2 Å². The molecule has 0 spiro atoms. The van der Waals surface area contributed by atoms with Crippen molar-refractivity contribution in [3.05, 3.63) is 51.6 Å². The van der Waals surface area contributed by atoms with Crippen molar-refractivity contribution in [2.45, 2.75) is 94.1 Å². The molecule has 45 heavy (non-hydrogen) atoms. The summed E-state index contributed by atoms with van der Waals surface area (Å²) >= 11 is 0. The minimum atomic E-state index is -2.04. The SMILES string of the molecule is COc1cccc2c1C(=O)c1c(O)c3c(c(O)c1C2=O)C[C@@](O)([C@@H](O)CO)C[C@@H]3O[C@H]1C[C@H](N)[C@H](O[C@@H]2CCCCO2)[C@H](C)O1. The van der Waals surface area contributed by atoms with Crippen LogP contribution in [0, 0.1) is 0 Å². The molecule has 2 heterocycles. The van der Waals surface area contributed by atoms with Crippen molar-refractivity contribution < 1.29 is 58.8 Å². The van der Waals surface area contributed by atoms with Crippen LogP contribution in [0.2, 0.25) is 0 Å². The maximum absolute atomic E-state index is 13.8. The van der Waals surface area contributed by atoms with Gasteiger partial charge in [0.25, 0.3) is 0 Å². The molecule has 2 aliphatic heterocycles. The van der Waals surface area contributed by atoms with Gasteiger partial charge in [-0.05, 0) is 32.3 Å². The molecule has 7 N–H and O–H groups in total. The highest BCUT2D eigenvalue weighted by Crippen LogP contribution is 2.53. The molecule has 0 unspecified atom stereocenters. The second-order valence-electron chi connectivity index (χ2n) is 12.3. The number of ether oxygens (including phenoxy) is 5. The topological polar surface area (TPSA) is 207 Å². The van der Waals surface area contributed by atoms with Crippen molar-refractivity contribution in [2.24, 2.45) is 5.73 Å². The molecule has 0 bridgehead atoms. The van der Waals surface area contributed by atoms with E-state index < -0.39 is 95.9 Å². The lowest BCUT2D eigenvalue weighted by Crippen LogP contribution is -2.55. The lowest BCUT2D eigenvalue weighted by Gasteiger charge is -2.45. The highest BCUT2D eigenvalue weighted by molar-refractivity contribution is 6.31. The second-order valence-corrected chi connectivity index (χ2v) is 12.3. The molecular weight excluding hydrogens is 590 g/mol. The summed E-state index contributed by atoms with van der Waals surface area (Å²) in [6.45, 7) is 1.56. The maximum atomic E-state index is 13.8. The molecular formula is C32H39NO12. The van der Waals surface area contributed by atoms with E-state index in [1.54, 1.807) is 6.92 Å². The van der Waals surface area contributed by atoms with E-state index in [2.05, 4.69) is 0 Å². The number of aliphatic hydroxyl groups excluding tert-OH is 2. The lowest BCUT2D eigenvalue weighted by atomic mass is 9.71. The van der Waals surface area contributed by atoms with E-state index in [1.807, 2.05) is 0 Å². The Kier molecular flexibility index (Phi) is 8.65. The molecule has 244 valence electrons. The molecule has 2 aromatic rings. The summed E-state index contributed by atoms with van der Waals surface area (Å²) < 4.78 is 29.6. The van der Waals surface area contributed by atoms with Crippen molar-refractivity contribution in [1.29, 1.82) is 0 Å². The number of aromatic hydroxyl groups is 2. The average molecular weight is 630 g/mol. The Bertz CT molecular complexity index is 1480. The zero-order valence-electron chi connectivity index (χ0n) is 25.1. The fraction of sp³-hybridized carbons (Fsp3) is 0.562. The molecule has 2 fully saturated rings. The van der Waals surface area contributed by atoms with Crippen molar-refractivity contribution in [1.82, 2.24) is 0 Å². The predicted molar refractivity (Wildman–Crippen MR) is 155 cm³/mol. The first-order valence-electron chi connectivity index (χ1n) is 15.2. The standard InChI is InChI=1S/C32H39NO12/c1-14-31(45-21-8-3-4-9-42-21)17(33)10-22(43-14)44-19-12-32(40,20(35)13-34)11-16-24(19)30(39)26-25(28(16)37)27(36)15-6-5-7-18(41-2)23(15)29(26)38/h5-7,14,17,19-22,31,34-35,37,39-40H,3-4,8-13,33H2,1-2H3/t14-,17-,19-,20-,21+,22-,31+,32-/m0/s1. The fourth-order valence-electron chi connectivity index (χ4n) is 7.04. The minimum Gasteiger partial charge on any atom is -0.507 e. The summed E-state index contributed by atoms with van der Waals surface area (Å²) in [6, 6.07) is 3.91. The summed E-state index contributed by atoms with van der Waals surface area (Å²) in [5.41, 5.74) is 3.37. The molecule has 13 heteroatoms. The van der Waals surface area contributed by atoms with Crippen molar-refractivity contribution in [3.8, 4) is 17.2 Å². The fourth-order valence-corrected chi connectivity index (χ4v) is 7.04. The third-order valence-corrected chi connectivity index (χ3v) is 9.38. The Hall–Kier alpha value is -3.14. The van der Waals surface area contributed by atoms with E-state index in [4.69, 9.17) is 29.4 Å². The monoisotopic (exact) mass is 629 g/mol. The van der Waals surface area contributed by atoms with E-state index in [9.17, 15) is 35.1 Å². The van der Waals surface area contributed by atoms with Gasteiger partial charge in [0.15, 0.2) is 18.4 Å². The van der Waals surface area contributed by atoms with Crippen molar-refractivity contribution in [2.75, 3.05) is 20.3 Å². The van der Waals surface area contributed by atoms with E-state index in [-0.39, 0.29) is 40.8 Å². The van der Waals surface area contributed by atoms with Gasteiger partial charge in [0, 0.05) is 48.6 Å². The first kappa shape index (κ1) is 31.8. The van der Waals surface area contributed by atoms with Crippen LogP contribution in [0.25, 0.3) is 0 Å². The number of phenols is 2. The van der Waals surface area contributed by atoms with E-state index >= 15 is 0 Å². The van der Waals surface area contributed by atoms with Crippen LogP contribution >= 0.6 is 0 Å². The smallest absolute Gasteiger partial charge is 0.202 e. The van der Waals surface area contributed by atoms with Gasteiger partial charge in [0.1, 0.15) is 29.5 Å². The van der Waals surface area contributed by atoms with Crippen LogP contribution in [-0.4, -0.2) is 100.0 Å². The van der Waals surface area contributed by atoms with Crippen molar-refractivity contribution in [3.63, 3.8) is 0 Å². The number of carbonyl (C=O) groups is 2. The number of fused-ring (bicyclic) bond motifs is 3. The summed E-state index contributed by atoms with van der Waals surface area (Å²) in [4.78, 5) is 27.5. The van der Waals surface area contributed by atoms with Gasteiger partial charge in [-0.1, -0.05) is 12.1 Å². The van der Waals surface area contributed by atoms with Gasteiger partial charge < -0.3 is 55.0 Å². The second kappa shape index (κ2) is 12.2. The molecule has 2 saturated heterocycles. The number of methoxy groups -OCH3 is 1. The number of aliphatic hydroxyl groups is 3. The number of nitrogens with two attached hydrogens (primary N) is 1. The zero-order chi connectivity index (χ0) is 32.2. The summed E-state index contributed by atoms with van der Waals surface area (Å²) in [7, 11) is 1.35. The zero-order valence-corrected chi connectivity index (χ0v) is 25.1. The number of phenolic OH excluding ortho intramolecular Hbond substituents is 2. The Morgan fingerprint density at radius 1 is 1.07 bits per heavy atom. The number of carbonyl (C=O) groups excluding carboxylic acids is 2. The van der Waals surface area contributed by atoms with E-state index in [0.717, 1.165) is 19.3 Å². The van der Waals surface area contributed by atoms with Gasteiger partial charge in [-0.2, -0.15) is 0 Å². The van der Waals surface area contributed by atoms with Crippen LogP contribution in [0.1, 0.15) is 88.1 Å². The van der Waals surface area contributed by atoms with Gasteiger partial charge >= 0.3 is 0 Å². The lowest BCUT2D eigenvalue weighted by molar-refractivity contribution is -0.282. The number of ketones is 2. The number of hydrogen-bond acceptors (Lipinski definition) is 13. The maximum Gasteiger partial charge on any atom is 0.202 e. The molecule has 0 aromatic heterocycles. The molecule has 2 aromatic carbocycles. The molecule has 2 aliphatic carbocycles. The molecule has 0 saturated carbocycles. The Balaban J connectivity index is 1.37. The van der Waals surface area contributed by atoms with Crippen LogP contribution < -0.4 is 10.5 Å². The quantitative estimate of drug-likeness (QED) is 0.204. The van der Waals surface area contributed by atoms with Gasteiger partial charge in [-0.25, -0.2) is 0 Å². The van der Waals surface area contributed by atoms with Crippen molar-refractivity contribution >= 4 is 11.6 Å². The highest BCUT2D eigenvalue weighted by Gasteiger charge is 2.50. The summed E-state index contributed by atoms with van der Waals surface area (Å²) in [5.74, 6) is -2.60. The molecule has 4 aliphatic rings. The Morgan fingerprint density at radius 2 is 1.82 bits per heavy atom. The van der Waals surface area contributed by atoms with Crippen LogP contribution in [0.3, 0.4) is 0 Å². The highest BCUT2D eigenvalue weighted by atomic mass is 16.7. The third kappa shape index (κ3) is 5.40. The normalized spacial score (nSPS) is 32.0. The Morgan fingerprint density at radius 3 is 2.49 bits per heavy atom. The summed E-state index contributed by atoms with van der Waals surface area (Å²) in [5, 5.41) is 55.1. The first-order chi connectivity index (χ1) is 21.5. The van der Waals surface area contributed by atoms with E-state index in [1.165, 1.54) is 25.3 Å². The van der Waals surface area contributed by atoms with Crippen LogP contribution in [0.5, 0.6) is 17.2 Å². The largest absolute Gasteiger partial charge is 0.507 e. The first-order valence-corrected chi connectivity index (χ1v) is 15.2. The molecule has 6 rings (SSSR count). The third-order valence-electron chi connectivity index (χ3n) is 9.38. The van der Waals surface area contributed by atoms with Gasteiger partial charge in [-0.15, -0.1) is 0 Å². The predicted octanol–water partition coefficient (Wildman–Crippen LogP) is 1.34. The Labute approximate surface area is 259 Å². The van der Waals surface area contributed by atoms with Gasteiger partial charge in [0.05, 0.1) is 48.2 Å². The van der Waals surface area contributed by atoms with Gasteiger partial charge in [0.2, 0.25) is 5.78 Å². The minimum absolute atomic E-state index is 0.0234. The molecule has 0 amide bonds. The van der Waals surface area contributed by atoms with Crippen LogP contribution in [0.4, 0.5) is 0 Å². The number of rotatable bonds is 7. The molecule has 0 radical (unpaired) electrons. The summed E-state index contributed by atoms with van der Waals surface area (Å²) in [6.07, 6.45) is -3.33. The molecule has 13 nitrogen and oxygen atoms in total.